The van der Waals surface area contributed by atoms with Gasteiger partial charge in [0.1, 0.15) is 11.2 Å². The van der Waals surface area contributed by atoms with Crippen LogP contribution in [0.5, 0.6) is 0 Å². The summed E-state index contributed by atoms with van der Waals surface area (Å²) < 4.78 is 14.6. The first-order chi connectivity index (χ1) is 40.2. The number of anilines is 4. The molecule has 0 amide bonds. The quantitative estimate of drug-likeness (QED) is 0.137. The second kappa shape index (κ2) is 19.6. The normalized spacial score (nSPS) is 15.4. The molecule has 2 aromatic heterocycles. The lowest BCUT2D eigenvalue weighted by Gasteiger charge is -2.39. The second-order valence-electron chi connectivity index (χ2n) is 23.0. The SMILES string of the molecule is c1ccc(-c2cccc3c2oc2c(N(c4ccc5c(c4)C(c4ccccc4)(c4ccccc4)c4cc(N(c6cccc7c6oc6c(-c8ccccc8)cccc67)C6CCCCC6)c6ccccc6c4-5)C4CCCCC4)cccc23)cc1. The van der Waals surface area contributed by atoms with Gasteiger partial charge >= 0.3 is 0 Å². The van der Waals surface area contributed by atoms with Crippen LogP contribution in [-0.4, -0.2) is 12.1 Å². The molecule has 16 rings (SSSR count). The molecule has 4 heteroatoms. The van der Waals surface area contributed by atoms with Crippen molar-refractivity contribution in [1.29, 1.82) is 0 Å². The zero-order valence-corrected chi connectivity index (χ0v) is 45.5. The van der Waals surface area contributed by atoms with E-state index in [2.05, 4.69) is 252 Å². The highest BCUT2D eigenvalue weighted by atomic mass is 16.3. The molecule has 4 nitrogen and oxygen atoms in total. The average molecular weight is 1050 g/mol. The van der Waals surface area contributed by atoms with Crippen LogP contribution >= 0.6 is 0 Å². The van der Waals surface area contributed by atoms with Crippen molar-refractivity contribution in [2.24, 2.45) is 0 Å². The Morgan fingerprint density at radius 2 is 0.741 bits per heavy atom. The first kappa shape index (κ1) is 47.8. The van der Waals surface area contributed by atoms with Gasteiger partial charge in [0, 0.05) is 61.5 Å². The summed E-state index contributed by atoms with van der Waals surface area (Å²) >= 11 is 0. The molecule has 0 unspecified atom stereocenters. The average Bonchev–Trinajstić information content (AvgIpc) is 2.49. The fourth-order valence-corrected chi connectivity index (χ4v) is 15.1. The van der Waals surface area contributed by atoms with Gasteiger partial charge < -0.3 is 18.6 Å². The van der Waals surface area contributed by atoms with Crippen molar-refractivity contribution in [1.82, 2.24) is 0 Å². The van der Waals surface area contributed by atoms with E-state index in [1.165, 1.54) is 94.1 Å². The van der Waals surface area contributed by atoms with Crippen molar-refractivity contribution in [2.45, 2.75) is 81.7 Å². The van der Waals surface area contributed by atoms with E-state index in [0.717, 1.165) is 103 Å². The number of hydrogen-bond acceptors (Lipinski definition) is 4. The largest absolute Gasteiger partial charge is 0.453 e. The van der Waals surface area contributed by atoms with E-state index in [4.69, 9.17) is 8.83 Å². The molecule has 81 heavy (non-hydrogen) atoms. The van der Waals surface area contributed by atoms with E-state index in [9.17, 15) is 0 Å². The lowest BCUT2D eigenvalue weighted by molar-refractivity contribution is 0.435. The van der Waals surface area contributed by atoms with Gasteiger partial charge in [-0.15, -0.1) is 0 Å². The Morgan fingerprint density at radius 3 is 1.27 bits per heavy atom. The minimum Gasteiger partial charge on any atom is -0.453 e. The van der Waals surface area contributed by atoms with E-state index in [1.807, 2.05) is 0 Å². The molecule has 0 N–H and O–H groups in total. The molecule has 3 aliphatic carbocycles. The van der Waals surface area contributed by atoms with Crippen LogP contribution in [-0.2, 0) is 5.41 Å². The van der Waals surface area contributed by atoms with E-state index in [0.29, 0.717) is 0 Å². The summed E-state index contributed by atoms with van der Waals surface area (Å²) in [5.41, 5.74) is 20.0. The molecule has 2 fully saturated rings. The van der Waals surface area contributed by atoms with Gasteiger partial charge in [0.15, 0.2) is 11.2 Å². The van der Waals surface area contributed by atoms with Gasteiger partial charge in [0.2, 0.25) is 0 Å². The number of rotatable bonds is 10. The first-order valence-electron chi connectivity index (χ1n) is 29.6. The van der Waals surface area contributed by atoms with Crippen molar-refractivity contribution in [2.75, 3.05) is 9.80 Å². The number of fused-ring (bicyclic) bond motifs is 11. The predicted molar refractivity (Wildman–Crippen MR) is 338 cm³/mol. The minimum atomic E-state index is -0.690. The zero-order valence-electron chi connectivity index (χ0n) is 45.5. The van der Waals surface area contributed by atoms with Crippen LogP contribution in [0.25, 0.3) is 88.0 Å². The van der Waals surface area contributed by atoms with Gasteiger partial charge in [-0.25, -0.2) is 0 Å². The third-order valence-corrected chi connectivity index (χ3v) is 18.6. The highest BCUT2D eigenvalue weighted by Crippen LogP contribution is 2.61. The van der Waals surface area contributed by atoms with Gasteiger partial charge in [0.25, 0.3) is 0 Å². The molecule has 0 radical (unpaired) electrons. The third kappa shape index (κ3) is 7.56. The summed E-state index contributed by atoms with van der Waals surface area (Å²) in [6, 6.07) is 91.1. The lowest BCUT2D eigenvalue weighted by Crippen LogP contribution is -2.34. The van der Waals surface area contributed by atoms with Crippen molar-refractivity contribution in [3.63, 3.8) is 0 Å². The van der Waals surface area contributed by atoms with E-state index in [-0.39, 0.29) is 12.1 Å². The Morgan fingerprint density at radius 1 is 0.309 bits per heavy atom. The molecule has 13 aromatic rings. The molecule has 0 spiro atoms. The van der Waals surface area contributed by atoms with Crippen LogP contribution in [0.1, 0.15) is 86.5 Å². The molecular formula is C77H62N2O2. The predicted octanol–water partition coefficient (Wildman–Crippen LogP) is 21.3. The Hall–Kier alpha value is -9.12. The molecule has 0 saturated heterocycles. The van der Waals surface area contributed by atoms with E-state index in [1.54, 1.807) is 0 Å². The molecule has 392 valence electrons. The molecular weight excluding hydrogens is 985 g/mol. The maximum atomic E-state index is 7.34. The van der Waals surface area contributed by atoms with Gasteiger partial charge in [0.05, 0.1) is 16.8 Å². The van der Waals surface area contributed by atoms with Crippen LogP contribution in [0.4, 0.5) is 22.7 Å². The fourth-order valence-electron chi connectivity index (χ4n) is 15.1. The Balaban J connectivity index is 0.957. The molecule has 2 heterocycles. The summed E-state index contributed by atoms with van der Waals surface area (Å²) in [5, 5.41) is 7.10. The Kier molecular flexibility index (Phi) is 11.6. The summed E-state index contributed by atoms with van der Waals surface area (Å²) in [6.45, 7) is 0. The number of benzene rings is 11. The van der Waals surface area contributed by atoms with Gasteiger partial charge in [-0.05, 0) is 106 Å². The molecule has 3 aliphatic rings. The van der Waals surface area contributed by atoms with Gasteiger partial charge in [-0.2, -0.15) is 0 Å². The summed E-state index contributed by atoms with van der Waals surface area (Å²) in [6.07, 6.45) is 11.7. The zero-order chi connectivity index (χ0) is 53.4. The van der Waals surface area contributed by atoms with Gasteiger partial charge in [-0.3, -0.25) is 0 Å². The maximum absolute atomic E-state index is 7.34. The van der Waals surface area contributed by atoms with Crippen LogP contribution in [0.3, 0.4) is 0 Å². The van der Waals surface area contributed by atoms with Crippen molar-refractivity contribution >= 4 is 77.4 Å². The highest BCUT2D eigenvalue weighted by Gasteiger charge is 2.48. The van der Waals surface area contributed by atoms with Crippen molar-refractivity contribution in [3.8, 4) is 33.4 Å². The Bertz CT molecular complexity index is 4450. The second-order valence-corrected chi connectivity index (χ2v) is 23.0. The lowest BCUT2D eigenvalue weighted by atomic mass is 9.67. The highest BCUT2D eigenvalue weighted by molar-refractivity contribution is 6.16. The third-order valence-electron chi connectivity index (χ3n) is 18.6. The number of furan rings is 2. The molecule has 0 atom stereocenters. The van der Waals surface area contributed by atoms with Gasteiger partial charge in [-0.1, -0.05) is 251 Å². The molecule has 0 bridgehead atoms. The monoisotopic (exact) mass is 1050 g/mol. The first-order valence-corrected chi connectivity index (χ1v) is 29.6. The maximum Gasteiger partial charge on any atom is 0.159 e. The van der Waals surface area contributed by atoms with Crippen LogP contribution in [0.2, 0.25) is 0 Å². The minimum absolute atomic E-state index is 0.264. The molecule has 0 aliphatic heterocycles. The summed E-state index contributed by atoms with van der Waals surface area (Å²) in [7, 11) is 0. The number of hydrogen-bond donors (Lipinski definition) is 0. The van der Waals surface area contributed by atoms with E-state index >= 15 is 0 Å². The molecule has 2 saturated carbocycles. The fraction of sp³-hybridized carbons (Fsp3) is 0.169. The smallest absolute Gasteiger partial charge is 0.159 e. The summed E-state index contributed by atoms with van der Waals surface area (Å²) in [4.78, 5) is 5.41. The topological polar surface area (TPSA) is 32.8 Å². The number of para-hydroxylation sites is 4. The van der Waals surface area contributed by atoms with Crippen LogP contribution in [0.15, 0.2) is 251 Å². The van der Waals surface area contributed by atoms with Crippen LogP contribution in [0, 0.1) is 0 Å². The van der Waals surface area contributed by atoms with E-state index < -0.39 is 5.41 Å². The van der Waals surface area contributed by atoms with Crippen LogP contribution < -0.4 is 9.80 Å². The van der Waals surface area contributed by atoms with Crippen molar-refractivity contribution < 1.29 is 8.83 Å². The number of nitrogens with zero attached hydrogens (tertiary/aromatic N) is 2. The standard InChI is InChI=1S/C77H62N2O2/c1-7-25-51(26-8-1)58-39-21-41-62-64-43-23-45-69(75(64)80-73(58)62)78(55-33-15-5-16-34-55)57-47-48-66-67(49-57)77(53-29-11-3-12-30-53,54-31-13-4-14-32-54)68-50-71(60-37-19-20-38-61(60)72(66)68)79(56-35-17-6-18-36-56)70-46-24-44-65-63-42-22-40-59(74(63)81-76(65)70)52-27-9-2-10-28-52/h1-4,7-14,19-32,37-50,55-56H,5-6,15-18,33-36H2. The molecule has 11 aromatic carbocycles. The van der Waals surface area contributed by atoms with Crippen molar-refractivity contribution in [3.05, 3.63) is 265 Å². The Labute approximate surface area is 473 Å². The summed E-state index contributed by atoms with van der Waals surface area (Å²) in [5.74, 6) is 0.